The molecule has 31 heavy (non-hydrogen) atoms. The van der Waals surface area contributed by atoms with Crippen molar-refractivity contribution >= 4 is 27.7 Å². The molecule has 0 aliphatic rings. The van der Waals surface area contributed by atoms with Gasteiger partial charge in [-0.15, -0.1) is 0 Å². The molecule has 3 rings (SSSR count). The Labute approximate surface area is 191 Å². The van der Waals surface area contributed by atoms with Crippen molar-refractivity contribution in [3.63, 3.8) is 0 Å². The van der Waals surface area contributed by atoms with Crippen LogP contribution in [-0.2, 0) is 17.8 Å². The maximum Gasteiger partial charge on any atom is 0.254 e. The minimum Gasteiger partial charge on any atom is -0.467 e. The first-order valence-electron chi connectivity index (χ1n) is 10.5. The number of carbonyl (C=O) groups is 2. The van der Waals surface area contributed by atoms with E-state index in [0.29, 0.717) is 25.2 Å². The highest BCUT2D eigenvalue weighted by Crippen LogP contribution is 2.15. The first-order chi connectivity index (χ1) is 15.1. The SMILES string of the molecule is CCCN(CC(=O)N(CCc1ccccc1)Cc1ccco1)C(=O)c1cccc(Br)c1. The zero-order valence-corrected chi connectivity index (χ0v) is 19.3. The highest BCUT2D eigenvalue weighted by atomic mass is 79.9. The monoisotopic (exact) mass is 482 g/mol. The summed E-state index contributed by atoms with van der Waals surface area (Å²) in [4.78, 5) is 29.7. The van der Waals surface area contributed by atoms with E-state index in [1.807, 2.05) is 49.4 Å². The molecular formula is C25H27BrN2O3. The fourth-order valence-electron chi connectivity index (χ4n) is 3.38. The fourth-order valence-corrected chi connectivity index (χ4v) is 3.78. The van der Waals surface area contributed by atoms with E-state index in [1.54, 1.807) is 28.2 Å². The third-order valence-corrected chi connectivity index (χ3v) is 5.46. The summed E-state index contributed by atoms with van der Waals surface area (Å²) in [5.41, 5.74) is 1.73. The number of hydrogen-bond acceptors (Lipinski definition) is 3. The maximum atomic E-state index is 13.3. The van der Waals surface area contributed by atoms with Gasteiger partial charge in [-0.2, -0.15) is 0 Å². The number of halogens is 1. The van der Waals surface area contributed by atoms with Crippen molar-refractivity contribution in [1.29, 1.82) is 0 Å². The molecule has 0 unspecified atom stereocenters. The molecule has 3 aromatic rings. The van der Waals surface area contributed by atoms with Gasteiger partial charge in [-0.05, 0) is 48.7 Å². The van der Waals surface area contributed by atoms with E-state index in [4.69, 9.17) is 4.42 Å². The Balaban J connectivity index is 1.73. The molecule has 0 aliphatic carbocycles. The Hall–Kier alpha value is -2.86. The molecule has 1 aromatic heterocycles. The largest absolute Gasteiger partial charge is 0.467 e. The summed E-state index contributed by atoms with van der Waals surface area (Å²) in [6.07, 6.45) is 3.12. The molecule has 0 saturated carbocycles. The van der Waals surface area contributed by atoms with Gasteiger partial charge >= 0.3 is 0 Å². The second-order valence-electron chi connectivity index (χ2n) is 7.37. The van der Waals surface area contributed by atoms with Crippen LogP contribution >= 0.6 is 15.9 Å². The first kappa shape index (κ1) is 22.8. The molecule has 6 heteroatoms. The van der Waals surface area contributed by atoms with E-state index in [0.717, 1.165) is 28.6 Å². The molecule has 2 aromatic carbocycles. The van der Waals surface area contributed by atoms with Crippen LogP contribution in [0.4, 0.5) is 0 Å². The summed E-state index contributed by atoms with van der Waals surface area (Å²) in [6.45, 7) is 3.49. The summed E-state index contributed by atoms with van der Waals surface area (Å²) in [5.74, 6) is 0.489. The van der Waals surface area contributed by atoms with Crippen LogP contribution in [-0.4, -0.2) is 41.2 Å². The van der Waals surface area contributed by atoms with Crippen molar-refractivity contribution in [1.82, 2.24) is 9.80 Å². The number of carbonyl (C=O) groups excluding carboxylic acids is 2. The van der Waals surface area contributed by atoms with Crippen LogP contribution < -0.4 is 0 Å². The lowest BCUT2D eigenvalue weighted by atomic mass is 10.1. The molecule has 0 spiro atoms. The van der Waals surface area contributed by atoms with Crippen LogP contribution in [0.2, 0.25) is 0 Å². The van der Waals surface area contributed by atoms with E-state index in [-0.39, 0.29) is 18.4 Å². The van der Waals surface area contributed by atoms with Crippen molar-refractivity contribution < 1.29 is 14.0 Å². The summed E-state index contributed by atoms with van der Waals surface area (Å²) < 4.78 is 6.31. The Kier molecular flexibility index (Phi) is 8.47. The van der Waals surface area contributed by atoms with E-state index in [1.165, 1.54) is 0 Å². The third-order valence-electron chi connectivity index (χ3n) is 4.97. The van der Waals surface area contributed by atoms with Gasteiger partial charge in [0.05, 0.1) is 12.8 Å². The summed E-state index contributed by atoms with van der Waals surface area (Å²) in [5, 5.41) is 0. The van der Waals surface area contributed by atoms with Crippen LogP contribution in [0.3, 0.4) is 0 Å². The van der Waals surface area contributed by atoms with Gasteiger partial charge in [-0.3, -0.25) is 9.59 Å². The number of furan rings is 1. The van der Waals surface area contributed by atoms with E-state index < -0.39 is 0 Å². The zero-order chi connectivity index (χ0) is 22.1. The summed E-state index contributed by atoms with van der Waals surface area (Å²) in [6, 6.07) is 21.0. The predicted octanol–water partition coefficient (Wildman–Crippen LogP) is 5.17. The molecule has 1 heterocycles. The number of nitrogens with zero attached hydrogens (tertiary/aromatic N) is 2. The first-order valence-corrected chi connectivity index (χ1v) is 11.2. The van der Waals surface area contributed by atoms with Crippen molar-refractivity contribution in [3.8, 4) is 0 Å². The lowest BCUT2D eigenvalue weighted by Crippen LogP contribution is -2.43. The molecule has 0 saturated heterocycles. The average molecular weight is 483 g/mol. The minimum absolute atomic E-state index is 0.0364. The van der Waals surface area contributed by atoms with Crippen molar-refractivity contribution in [2.45, 2.75) is 26.3 Å². The molecule has 0 aliphatic heterocycles. The van der Waals surface area contributed by atoms with Gasteiger partial charge in [0.1, 0.15) is 12.3 Å². The molecule has 0 radical (unpaired) electrons. The van der Waals surface area contributed by atoms with Crippen LogP contribution in [0.15, 0.2) is 81.9 Å². The molecular weight excluding hydrogens is 456 g/mol. The van der Waals surface area contributed by atoms with Crippen molar-refractivity contribution in [2.24, 2.45) is 0 Å². The van der Waals surface area contributed by atoms with Gasteiger partial charge in [-0.25, -0.2) is 0 Å². The zero-order valence-electron chi connectivity index (χ0n) is 17.7. The molecule has 2 amide bonds. The molecule has 0 N–H and O–H groups in total. The number of hydrogen-bond donors (Lipinski definition) is 0. The quantitative estimate of drug-likeness (QED) is 0.400. The van der Waals surface area contributed by atoms with Gasteiger partial charge in [0.2, 0.25) is 5.91 Å². The predicted molar refractivity (Wildman–Crippen MR) is 125 cm³/mol. The Bertz CT molecular complexity index is 973. The van der Waals surface area contributed by atoms with Crippen LogP contribution in [0.5, 0.6) is 0 Å². The highest BCUT2D eigenvalue weighted by molar-refractivity contribution is 9.10. The van der Waals surface area contributed by atoms with Gasteiger partial charge in [0.25, 0.3) is 5.91 Å². The smallest absolute Gasteiger partial charge is 0.254 e. The van der Waals surface area contributed by atoms with E-state index in [9.17, 15) is 9.59 Å². The molecule has 0 bridgehead atoms. The summed E-state index contributed by atoms with van der Waals surface area (Å²) in [7, 11) is 0. The normalized spacial score (nSPS) is 10.6. The topological polar surface area (TPSA) is 53.8 Å². The summed E-state index contributed by atoms with van der Waals surface area (Å²) >= 11 is 3.41. The standard InChI is InChI=1S/C25H27BrN2O3/c1-2-14-28(25(30)21-10-6-11-22(26)17-21)19-24(29)27(18-23-12-7-16-31-23)15-13-20-8-4-3-5-9-20/h3-12,16-17H,2,13-15,18-19H2,1H3. The molecule has 0 fully saturated rings. The molecule has 0 atom stereocenters. The lowest BCUT2D eigenvalue weighted by molar-refractivity contribution is -0.132. The van der Waals surface area contributed by atoms with Crippen molar-refractivity contribution in [2.75, 3.05) is 19.6 Å². The molecule has 5 nitrogen and oxygen atoms in total. The number of rotatable bonds is 10. The van der Waals surface area contributed by atoms with Crippen LogP contribution in [0.1, 0.15) is 35.0 Å². The Morgan fingerprint density at radius 2 is 1.74 bits per heavy atom. The third kappa shape index (κ3) is 6.82. The second-order valence-corrected chi connectivity index (χ2v) is 8.28. The average Bonchev–Trinajstić information content (AvgIpc) is 3.29. The fraction of sp³-hybridized carbons (Fsp3) is 0.280. The highest BCUT2D eigenvalue weighted by Gasteiger charge is 2.22. The van der Waals surface area contributed by atoms with Crippen LogP contribution in [0, 0.1) is 0 Å². The minimum atomic E-state index is -0.141. The maximum absolute atomic E-state index is 13.3. The van der Waals surface area contributed by atoms with Gasteiger partial charge < -0.3 is 14.2 Å². The number of benzene rings is 2. The molecule has 162 valence electrons. The number of amides is 2. The van der Waals surface area contributed by atoms with E-state index in [2.05, 4.69) is 28.1 Å². The Morgan fingerprint density at radius 1 is 0.935 bits per heavy atom. The van der Waals surface area contributed by atoms with Gasteiger partial charge in [-0.1, -0.05) is 59.3 Å². The van der Waals surface area contributed by atoms with Gasteiger partial charge in [0.15, 0.2) is 0 Å². The van der Waals surface area contributed by atoms with Gasteiger partial charge in [0, 0.05) is 23.1 Å². The lowest BCUT2D eigenvalue weighted by Gasteiger charge is -2.27. The van der Waals surface area contributed by atoms with Crippen molar-refractivity contribution in [3.05, 3.63) is 94.4 Å². The van der Waals surface area contributed by atoms with E-state index >= 15 is 0 Å². The second kappa shape index (κ2) is 11.5. The van der Waals surface area contributed by atoms with Crippen LogP contribution in [0.25, 0.3) is 0 Å². The Morgan fingerprint density at radius 3 is 2.42 bits per heavy atom.